The first-order chi connectivity index (χ1) is 17.2. The lowest BCUT2D eigenvalue weighted by Crippen LogP contribution is -2.43. The Hall–Kier alpha value is -3.85. The fourth-order valence-electron chi connectivity index (χ4n) is 4.55. The molecule has 6 nitrogen and oxygen atoms in total. The molecule has 186 valence electrons. The fraction of sp³-hybridized carbons (Fsp3) is 0.192. The highest BCUT2D eigenvalue weighted by Crippen LogP contribution is 2.40. The van der Waals surface area contributed by atoms with Crippen molar-refractivity contribution in [1.29, 1.82) is 0 Å². The van der Waals surface area contributed by atoms with Crippen molar-refractivity contribution in [3.63, 3.8) is 0 Å². The summed E-state index contributed by atoms with van der Waals surface area (Å²) in [6.07, 6.45) is -4.18. The number of ether oxygens (including phenoxy) is 2. The van der Waals surface area contributed by atoms with E-state index in [0.29, 0.717) is 29.4 Å². The molecule has 3 aromatic carbocycles. The zero-order chi connectivity index (χ0) is 25.4. The summed E-state index contributed by atoms with van der Waals surface area (Å²) in [6.45, 7) is 0.421. The molecule has 0 aliphatic carbocycles. The Bertz CT molecular complexity index is 1400. The summed E-state index contributed by atoms with van der Waals surface area (Å²) in [5.74, 6) is 0.325. The Morgan fingerprint density at radius 2 is 1.75 bits per heavy atom. The lowest BCUT2D eigenvalue weighted by molar-refractivity contribution is -0.274. The molecule has 0 saturated heterocycles. The number of alkyl halides is 3. The monoisotopic (exact) mass is 515 g/mol. The van der Waals surface area contributed by atoms with Crippen LogP contribution in [0.4, 0.5) is 23.7 Å². The Kier molecular flexibility index (Phi) is 6.17. The predicted octanol–water partition coefficient (Wildman–Crippen LogP) is 6.91. The number of benzene rings is 3. The van der Waals surface area contributed by atoms with E-state index in [1.807, 2.05) is 42.5 Å². The molecular formula is C26H21ClF3N3O3. The third kappa shape index (κ3) is 4.79. The number of methoxy groups -OCH3 is 1. The van der Waals surface area contributed by atoms with Crippen LogP contribution in [-0.2, 0) is 6.42 Å². The second-order valence-corrected chi connectivity index (χ2v) is 8.76. The molecule has 1 aliphatic heterocycles. The number of aromatic amines is 1. The molecule has 2 heterocycles. The van der Waals surface area contributed by atoms with Crippen molar-refractivity contribution in [2.45, 2.75) is 18.8 Å². The standard InChI is InChI=1S/C26H21ClF3N3O3/c1-35-18-7-2-15(3-8-18)24-23-20(21-14-16(27)4-11-22(21)32-23)12-13-33(24)25(34)31-17-5-9-19(10-6-17)36-26(28,29)30/h2-11,14,24,32H,12-13H2,1H3,(H,31,34). The highest BCUT2D eigenvalue weighted by molar-refractivity contribution is 6.31. The van der Waals surface area contributed by atoms with E-state index < -0.39 is 12.4 Å². The number of nitrogens with one attached hydrogen (secondary N) is 2. The number of nitrogens with zero attached hydrogens (tertiary/aromatic N) is 1. The summed E-state index contributed by atoms with van der Waals surface area (Å²) in [7, 11) is 1.58. The molecule has 1 unspecified atom stereocenters. The minimum atomic E-state index is -4.79. The summed E-state index contributed by atoms with van der Waals surface area (Å²) >= 11 is 6.25. The van der Waals surface area contributed by atoms with Gasteiger partial charge in [-0.2, -0.15) is 0 Å². The van der Waals surface area contributed by atoms with Gasteiger partial charge in [0.1, 0.15) is 11.5 Å². The number of H-pyrrole nitrogens is 1. The van der Waals surface area contributed by atoms with Crippen LogP contribution in [0.3, 0.4) is 0 Å². The van der Waals surface area contributed by atoms with Gasteiger partial charge in [0.15, 0.2) is 0 Å². The Morgan fingerprint density at radius 1 is 1.06 bits per heavy atom. The molecule has 0 fully saturated rings. The predicted molar refractivity (Wildman–Crippen MR) is 131 cm³/mol. The van der Waals surface area contributed by atoms with Crippen LogP contribution < -0.4 is 14.8 Å². The molecule has 2 N–H and O–H groups in total. The first-order valence-electron chi connectivity index (χ1n) is 11.1. The van der Waals surface area contributed by atoms with E-state index in [4.69, 9.17) is 16.3 Å². The van der Waals surface area contributed by atoms with Crippen LogP contribution >= 0.6 is 11.6 Å². The van der Waals surface area contributed by atoms with Crippen molar-refractivity contribution >= 4 is 34.2 Å². The summed E-state index contributed by atoms with van der Waals surface area (Å²) < 4.78 is 46.5. The number of urea groups is 1. The lowest BCUT2D eigenvalue weighted by Gasteiger charge is -2.36. The van der Waals surface area contributed by atoms with Gasteiger partial charge >= 0.3 is 12.4 Å². The van der Waals surface area contributed by atoms with Crippen LogP contribution in [0.15, 0.2) is 66.7 Å². The van der Waals surface area contributed by atoms with Gasteiger partial charge in [0.05, 0.1) is 13.2 Å². The molecule has 0 bridgehead atoms. The van der Waals surface area contributed by atoms with Gasteiger partial charge in [-0.1, -0.05) is 23.7 Å². The SMILES string of the molecule is COc1ccc(C2c3[nH]c4ccc(Cl)cc4c3CCN2C(=O)Nc2ccc(OC(F)(F)F)cc2)cc1. The van der Waals surface area contributed by atoms with Crippen molar-refractivity contribution in [2.24, 2.45) is 0 Å². The molecule has 1 atom stereocenters. The molecule has 36 heavy (non-hydrogen) atoms. The molecule has 0 radical (unpaired) electrons. The first-order valence-corrected chi connectivity index (χ1v) is 11.5. The van der Waals surface area contributed by atoms with Crippen molar-refractivity contribution in [1.82, 2.24) is 9.88 Å². The zero-order valence-electron chi connectivity index (χ0n) is 19.0. The number of hydrogen-bond donors (Lipinski definition) is 2. The second-order valence-electron chi connectivity index (χ2n) is 8.33. The summed E-state index contributed by atoms with van der Waals surface area (Å²) in [6, 6.07) is 17.3. The van der Waals surface area contributed by atoms with Crippen LogP contribution in [0.2, 0.25) is 5.02 Å². The number of fused-ring (bicyclic) bond motifs is 3. The number of rotatable bonds is 4. The molecule has 1 aromatic heterocycles. The van der Waals surface area contributed by atoms with Crippen molar-refractivity contribution in [2.75, 3.05) is 19.0 Å². The maximum atomic E-state index is 13.4. The van der Waals surface area contributed by atoms with Crippen LogP contribution in [0.25, 0.3) is 10.9 Å². The van der Waals surface area contributed by atoms with Crippen molar-refractivity contribution in [3.8, 4) is 11.5 Å². The van der Waals surface area contributed by atoms with Crippen LogP contribution in [0.1, 0.15) is 22.9 Å². The van der Waals surface area contributed by atoms with Gasteiger partial charge in [0.2, 0.25) is 0 Å². The maximum absolute atomic E-state index is 13.4. The second kappa shape index (κ2) is 9.31. The minimum Gasteiger partial charge on any atom is -0.497 e. The summed E-state index contributed by atoms with van der Waals surface area (Å²) in [4.78, 5) is 18.6. The largest absolute Gasteiger partial charge is 0.573 e. The van der Waals surface area contributed by atoms with Crippen LogP contribution in [0, 0.1) is 0 Å². The molecule has 0 spiro atoms. The smallest absolute Gasteiger partial charge is 0.497 e. The number of carbonyl (C=O) groups excluding carboxylic acids is 1. The number of carbonyl (C=O) groups is 1. The van der Waals surface area contributed by atoms with Crippen LogP contribution in [0.5, 0.6) is 11.5 Å². The molecule has 4 aromatic rings. The Balaban J connectivity index is 1.48. The van der Waals surface area contributed by atoms with E-state index in [9.17, 15) is 18.0 Å². The number of amides is 2. The van der Waals surface area contributed by atoms with E-state index in [-0.39, 0.29) is 11.8 Å². The third-order valence-corrected chi connectivity index (χ3v) is 6.36. The maximum Gasteiger partial charge on any atom is 0.573 e. The minimum absolute atomic E-state index is 0.345. The van der Waals surface area contributed by atoms with Crippen molar-refractivity contribution < 1.29 is 27.4 Å². The molecular weight excluding hydrogens is 495 g/mol. The normalized spacial score (nSPS) is 15.5. The average molecular weight is 516 g/mol. The molecule has 2 amide bonds. The number of anilines is 1. The third-order valence-electron chi connectivity index (χ3n) is 6.12. The molecule has 10 heteroatoms. The topological polar surface area (TPSA) is 66.6 Å². The van der Waals surface area contributed by atoms with Gasteiger partial charge in [-0.3, -0.25) is 0 Å². The van der Waals surface area contributed by atoms with Crippen molar-refractivity contribution in [3.05, 3.63) is 88.6 Å². The van der Waals surface area contributed by atoms with E-state index in [1.54, 1.807) is 12.0 Å². The molecule has 5 rings (SSSR count). The van der Waals surface area contributed by atoms with Gasteiger partial charge in [-0.05, 0) is 72.1 Å². The Morgan fingerprint density at radius 3 is 2.42 bits per heavy atom. The first kappa shape index (κ1) is 23.9. The fourth-order valence-corrected chi connectivity index (χ4v) is 4.72. The molecule has 0 saturated carbocycles. The van der Waals surface area contributed by atoms with Gasteiger partial charge in [-0.15, -0.1) is 13.2 Å². The van der Waals surface area contributed by atoms with Crippen LogP contribution in [-0.4, -0.2) is 35.9 Å². The van der Waals surface area contributed by atoms with Gasteiger partial charge in [-0.25, -0.2) is 4.79 Å². The summed E-state index contributed by atoms with van der Waals surface area (Å²) in [5.41, 5.74) is 4.11. The highest BCUT2D eigenvalue weighted by atomic mass is 35.5. The van der Waals surface area contributed by atoms with Gasteiger partial charge < -0.3 is 24.7 Å². The Labute approximate surface area is 209 Å². The quantitative estimate of drug-likeness (QED) is 0.310. The number of halogens is 4. The van der Waals surface area contributed by atoms with E-state index in [0.717, 1.165) is 39.9 Å². The zero-order valence-corrected chi connectivity index (χ0v) is 19.8. The van der Waals surface area contributed by atoms with Gasteiger partial charge in [0.25, 0.3) is 0 Å². The number of aromatic nitrogens is 1. The van der Waals surface area contributed by atoms with E-state index in [2.05, 4.69) is 15.0 Å². The van der Waals surface area contributed by atoms with Gasteiger partial charge in [0, 0.05) is 33.9 Å². The highest BCUT2D eigenvalue weighted by Gasteiger charge is 2.35. The summed E-state index contributed by atoms with van der Waals surface area (Å²) in [5, 5.41) is 4.43. The average Bonchev–Trinajstić information content (AvgIpc) is 3.21. The lowest BCUT2D eigenvalue weighted by atomic mass is 9.92. The van der Waals surface area contributed by atoms with E-state index >= 15 is 0 Å². The van der Waals surface area contributed by atoms with E-state index in [1.165, 1.54) is 12.1 Å². The molecule has 1 aliphatic rings. The number of hydrogen-bond acceptors (Lipinski definition) is 3.